The van der Waals surface area contributed by atoms with Gasteiger partial charge in [0, 0.05) is 30.1 Å². The van der Waals surface area contributed by atoms with E-state index in [0.717, 1.165) is 35.7 Å². The van der Waals surface area contributed by atoms with Crippen LogP contribution in [0.4, 0.5) is 4.79 Å². The normalized spacial score (nSPS) is 21.9. The third-order valence-corrected chi connectivity index (χ3v) is 6.69. The molecule has 4 rings (SSSR count). The minimum atomic E-state index is -0.651. The summed E-state index contributed by atoms with van der Waals surface area (Å²) in [6.07, 6.45) is -0.0561. The van der Waals surface area contributed by atoms with Crippen molar-refractivity contribution >= 4 is 29.1 Å². The number of hydrogen-bond acceptors (Lipinski definition) is 7. The molecular formula is C22H26ClNO5S. The van der Waals surface area contributed by atoms with E-state index >= 15 is 0 Å². The lowest BCUT2D eigenvalue weighted by atomic mass is 9.98. The molecule has 8 heteroatoms. The Bertz CT molecular complexity index is 901. The average molecular weight is 452 g/mol. The standard InChI is InChI=1S/C22H26ClNO5S/c1-13(2)12-27-22(25)28-18-10-14-11-24(9-8-17(14)30-18)19(20-21(26-3)29-20)15-6-4-5-7-16(15)23/h4-7,10,13,19-21H,8-9,11-12H2,1-3H3/t19-,20?,21?/m0/s1. The monoisotopic (exact) mass is 451 g/mol. The molecule has 0 spiro atoms. The van der Waals surface area contributed by atoms with Crippen molar-refractivity contribution in [1.82, 2.24) is 4.90 Å². The molecule has 0 N–H and O–H groups in total. The Morgan fingerprint density at radius 2 is 2.17 bits per heavy atom. The van der Waals surface area contributed by atoms with Crippen molar-refractivity contribution in [2.45, 2.75) is 45.2 Å². The largest absolute Gasteiger partial charge is 0.514 e. The average Bonchev–Trinajstić information content (AvgIpc) is 3.38. The van der Waals surface area contributed by atoms with E-state index in [1.165, 1.54) is 16.2 Å². The zero-order valence-electron chi connectivity index (χ0n) is 17.3. The molecule has 2 unspecified atom stereocenters. The van der Waals surface area contributed by atoms with E-state index in [0.29, 0.717) is 11.7 Å². The molecule has 1 aromatic carbocycles. The fourth-order valence-corrected chi connectivity index (χ4v) is 5.03. The van der Waals surface area contributed by atoms with E-state index in [-0.39, 0.29) is 24.4 Å². The Balaban J connectivity index is 1.49. The number of hydrogen-bond donors (Lipinski definition) is 0. The highest BCUT2D eigenvalue weighted by Crippen LogP contribution is 2.44. The van der Waals surface area contributed by atoms with Gasteiger partial charge in [-0.3, -0.25) is 4.90 Å². The van der Waals surface area contributed by atoms with Gasteiger partial charge in [-0.25, -0.2) is 4.79 Å². The number of carbonyl (C=O) groups is 1. The lowest BCUT2D eigenvalue weighted by Gasteiger charge is -2.34. The molecular weight excluding hydrogens is 426 g/mol. The van der Waals surface area contributed by atoms with Crippen LogP contribution in [0.1, 0.15) is 35.9 Å². The van der Waals surface area contributed by atoms with Gasteiger partial charge >= 0.3 is 6.16 Å². The fourth-order valence-electron chi connectivity index (χ4n) is 3.78. The van der Waals surface area contributed by atoms with Gasteiger partial charge in [-0.2, -0.15) is 0 Å². The summed E-state index contributed by atoms with van der Waals surface area (Å²) in [5.41, 5.74) is 2.20. The maximum absolute atomic E-state index is 11.9. The first-order chi connectivity index (χ1) is 14.5. The predicted octanol–water partition coefficient (Wildman–Crippen LogP) is 5.04. The minimum absolute atomic E-state index is 0.00271. The first-order valence-electron chi connectivity index (χ1n) is 10.1. The van der Waals surface area contributed by atoms with Crippen molar-refractivity contribution in [3.8, 4) is 5.06 Å². The molecule has 0 bridgehead atoms. The number of nitrogens with zero attached hydrogens (tertiary/aromatic N) is 1. The lowest BCUT2D eigenvalue weighted by molar-refractivity contribution is 0.0896. The van der Waals surface area contributed by atoms with Gasteiger partial charge < -0.3 is 18.9 Å². The van der Waals surface area contributed by atoms with E-state index in [4.69, 9.17) is 30.5 Å². The van der Waals surface area contributed by atoms with Gasteiger partial charge in [0.1, 0.15) is 6.10 Å². The summed E-state index contributed by atoms with van der Waals surface area (Å²) in [5, 5.41) is 1.29. The first kappa shape index (κ1) is 21.6. The molecule has 0 radical (unpaired) electrons. The van der Waals surface area contributed by atoms with Gasteiger partial charge in [0.2, 0.25) is 0 Å². The quantitative estimate of drug-likeness (QED) is 0.434. The van der Waals surface area contributed by atoms with E-state index in [2.05, 4.69) is 4.90 Å². The summed E-state index contributed by atoms with van der Waals surface area (Å²) >= 11 is 8.03. The smallest absolute Gasteiger partial charge is 0.434 e. The molecule has 2 aliphatic rings. The third kappa shape index (κ3) is 4.81. The molecule has 3 heterocycles. The minimum Gasteiger partial charge on any atom is -0.434 e. The van der Waals surface area contributed by atoms with Crippen molar-refractivity contribution in [1.29, 1.82) is 0 Å². The van der Waals surface area contributed by atoms with Crippen molar-refractivity contribution in [2.75, 3.05) is 20.3 Å². The van der Waals surface area contributed by atoms with E-state index in [1.54, 1.807) is 7.11 Å². The maximum Gasteiger partial charge on any atom is 0.514 e. The number of ether oxygens (including phenoxy) is 4. The van der Waals surface area contributed by atoms with Crippen LogP contribution in [0.25, 0.3) is 0 Å². The predicted molar refractivity (Wildman–Crippen MR) is 115 cm³/mol. The van der Waals surface area contributed by atoms with Crippen LogP contribution in [0, 0.1) is 5.92 Å². The molecule has 30 heavy (non-hydrogen) atoms. The van der Waals surface area contributed by atoms with Crippen LogP contribution in [-0.4, -0.2) is 43.7 Å². The Morgan fingerprint density at radius 1 is 1.37 bits per heavy atom. The first-order valence-corrected chi connectivity index (χ1v) is 11.3. The highest BCUT2D eigenvalue weighted by Gasteiger charge is 2.49. The SMILES string of the molecule is COC1OC1[C@H](c1ccccc1Cl)N1CCc2sc(OC(=O)OCC(C)C)cc2C1. The van der Waals surface area contributed by atoms with Crippen LogP contribution in [0.5, 0.6) is 5.06 Å². The Morgan fingerprint density at radius 3 is 2.87 bits per heavy atom. The van der Waals surface area contributed by atoms with Crippen LogP contribution in [0.3, 0.4) is 0 Å². The Hall–Kier alpha value is -1.64. The van der Waals surface area contributed by atoms with Gasteiger partial charge in [-0.05, 0) is 35.6 Å². The zero-order chi connectivity index (χ0) is 21.3. The molecule has 162 valence electrons. The number of rotatable bonds is 7. The van der Waals surface area contributed by atoms with Crippen molar-refractivity contribution in [2.24, 2.45) is 5.92 Å². The van der Waals surface area contributed by atoms with Gasteiger partial charge in [0.25, 0.3) is 0 Å². The summed E-state index contributed by atoms with van der Waals surface area (Å²) in [6.45, 7) is 5.90. The topological polar surface area (TPSA) is 60.5 Å². The number of carbonyl (C=O) groups excluding carboxylic acids is 1. The molecule has 3 atom stereocenters. The van der Waals surface area contributed by atoms with Gasteiger partial charge in [-0.1, -0.05) is 43.6 Å². The van der Waals surface area contributed by atoms with Crippen molar-refractivity contribution < 1.29 is 23.7 Å². The van der Waals surface area contributed by atoms with Crippen LogP contribution >= 0.6 is 22.9 Å². The van der Waals surface area contributed by atoms with Crippen LogP contribution in [0.2, 0.25) is 5.02 Å². The third-order valence-electron chi connectivity index (χ3n) is 5.24. The molecule has 0 amide bonds. The highest BCUT2D eigenvalue weighted by atomic mass is 35.5. The molecule has 1 aromatic heterocycles. The number of fused-ring (bicyclic) bond motifs is 1. The molecule has 1 fully saturated rings. The second kappa shape index (κ2) is 9.24. The van der Waals surface area contributed by atoms with Crippen LogP contribution in [0.15, 0.2) is 30.3 Å². The highest BCUT2D eigenvalue weighted by molar-refractivity contribution is 7.14. The molecule has 6 nitrogen and oxygen atoms in total. The molecule has 0 aliphatic carbocycles. The number of halogens is 1. The summed E-state index contributed by atoms with van der Waals surface area (Å²) in [6, 6.07) is 9.81. The van der Waals surface area contributed by atoms with E-state index in [9.17, 15) is 4.79 Å². The number of epoxide rings is 1. The Kier molecular flexibility index (Phi) is 6.65. The number of thiophene rings is 1. The zero-order valence-corrected chi connectivity index (χ0v) is 18.9. The molecule has 1 saturated heterocycles. The second-order valence-electron chi connectivity index (χ2n) is 7.96. The van der Waals surface area contributed by atoms with Crippen molar-refractivity contribution in [3.63, 3.8) is 0 Å². The Labute approximate surface area is 185 Å². The fraction of sp³-hybridized carbons (Fsp3) is 0.500. The number of methoxy groups -OCH3 is 1. The summed E-state index contributed by atoms with van der Waals surface area (Å²) < 4.78 is 21.7. The van der Waals surface area contributed by atoms with E-state index < -0.39 is 6.16 Å². The number of benzene rings is 1. The van der Waals surface area contributed by atoms with Gasteiger partial charge in [0.05, 0.1) is 12.6 Å². The maximum atomic E-state index is 11.9. The molecule has 2 aliphatic heterocycles. The summed E-state index contributed by atoms with van der Waals surface area (Å²) in [7, 11) is 1.66. The van der Waals surface area contributed by atoms with Crippen LogP contribution in [-0.2, 0) is 27.2 Å². The second-order valence-corrected chi connectivity index (χ2v) is 9.47. The lowest BCUT2D eigenvalue weighted by Crippen LogP contribution is -2.37. The van der Waals surface area contributed by atoms with Gasteiger partial charge in [-0.15, -0.1) is 11.3 Å². The molecule has 2 aromatic rings. The summed E-state index contributed by atoms with van der Waals surface area (Å²) in [4.78, 5) is 15.5. The van der Waals surface area contributed by atoms with Crippen molar-refractivity contribution in [3.05, 3.63) is 51.4 Å². The summed E-state index contributed by atoms with van der Waals surface area (Å²) in [5.74, 6) is 0.268. The van der Waals surface area contributed by atoms with Crippen LogP contribution < -0.4 is 4.74 Å². The molecule has 0 saturated carbocycles. The van der Waals surface area contributed by atoms with Gasteiger partial charge in [0.15, 0.2) is 11.4 Å². The van der Waals surface area contributed by atoms with E-state index in [1.807, 2.05) is 44.2 Å².